The average molecular weight is 222 g/mol. The molecule has 0 aromatic heterocycles. The Kier molecular flexibility index (Phi) is 4.51. The van der Waals surface area contributed by atoms with Crippen LogP contribution in [-0.4, -0.2) is 24.6 Å². The Balaban J connectivity index is 2.39. The predicted octanol–water partition coefficient (Wildman–Crippen LogP) is 1.79. The van der Waals surface area contributed by atoms with Crippen LogP contribution in [0.1, 0.15) is 24.2 Å². The van der Waals surface area contributed by atoms with E-state index in [-0.39, 0.29) is 12.6 Å². The van der Waals surface area contributed by atoms with Crippen LogP contribution in [0.4, 0.5) is 0 Å². The first-order valence-corrected chi connectivity index (χ1v) is 4.99. The SMILES string of the molecule is CC(=O)OC(C)COC(=O)c1ccccc1. The first kappa shape index (κ1) is 12.2. The fourth-order valence-electron chi connectivity index (χ4n) is 1.17. The van der Waals surface area contributed by atoms with Gasteiger partial charge in [-0.05, 0) is 19.1 Å². The summed E-state index contributed by atoms with van der Waals surface area (Å²) >= 11 is 0. The number of carbonyl (C=O) groups excluding carboxylic acids is 2. The fourth-order valence-corrected chi connectivity index (χ4v) is 1.17. The van der Waals surface area contributed by atoms with E-state index in [1.807, 2.05) is 6.07 Å². The minimum Gasteiger partial charge on any atom is -0.459 e. The van der Waals surface area contributed by atoms with Crippen molar-refractivity contribution in [1.29, 1.82) is 0 Å². The lowest BCUT2D eigenvalue weighted by Gasteiger charge is -2.11. The molecule has 1 unspecified atom stereocenters. The van der Waals surface area contributed by atoms with Gasteiger partial charge in [-0.1, -0.05) is 18.2 Å². The molecular weight excluding hydrogens is 208 g/mol. The molecule has 0 spiro atoms. The standard InChI is InChI=1S/C12H14O4/c1-9(16-10(2)13)8-15-12(14)11-6-4-3-5-7-11/h3-7,9H,8H2,1-2H3. The van der Waals surface area contributed by atoms with Crippen molar-refractivity contribution in [3.63, 3.8) is 0 Å². The quantitative estimate of drug-likeness (QED) is 0.729. The number of rotatable bonds is 4. The Morgan fingerprint density at radius 2 is 1.88 bits per heavy atom. The summed E-state index contributed by atoms with van der Waals surface area (Å²) in [4.78, 5) is 22.1. The van der Waals surface area contributed by atoms with Gasteiger partial charge in [0.25, 0.3) is 0 Å². The van der Waals surface area contributed by atoms with E-state index in [2.05, 4.69) is 0 Å². The third-order valence-electron chi connectivity index (χ3n) is 1.83. The molecule has 0 bridgehead atoms. The van der Waals surface area contributed by atoms with Gasteiger partial charge in [-0.3, -0.25) is 4.79 Å². The van der Waals surface area contributed by atoms with Crippen LogP contribution >= 0.6 is 0 Å². The lowest BCUT2D eigenvalue weighted by molar-refractivity contribution is -0.147. The van der Waals surface area contributed by atoms with E-state index >= 15 is 0 Å². The summed E-state index contributed by atoms with van der Waals surface area (Å²) in [5.74, 6) is -0.803. The van der Waals surface area contributed by atoms with Crippen molar-refractivity contribution in [1.82, 2.24) is 0 Å². The fraction of sp³-hybridized carbons (Fsp3) is 0.333. The van der Waals surface area contributed by atoms with E-state index in [9.17, 15) is 9.59 Å². The zero-order valence-electron chi connectivity index (χ0n) is 9.30. The largest absolute Gasteiger partial charge is 0.459 e. The van der Waals surface area contributed by atoms with Gasteiger partial charge < -0.3 is 9.47 Å². The number of benzene rings is 1. The maximum Gasteiger partial charge on any atom is 0.338 e. The van der Waals surface area contributed by atoms with Crippen molar-refractivity contribution in [2.24, 2.45) is 0 Å². The molecule has 0 saturated heterocycles. The zero-order valence-corrected chi connectivity index (χ0v) is 9.30. The minimum absolute atomic E-state index is 0.0628. The average Bonchev–Trinajstić information content (AvgIpc) is 2.26. The molecule has 1 aromatic rings. The van der Waals surface area contributed by atoms with Crippen LogP contribution in [-0.2, 0) is 14.3 Å². The van der Waals surface area contributed by atoms with Gasteiger partial charge in [0, 0.05) is 6.92 Å². The van der Waals surface area contributed by atoms with Gasteiger partial charge in [-0.25, -0.2) is 4.79 Å². The van der Waals surface area contributed by atoms with Crippen molar-refractivity contribution in [2.75, 3.05) is 6.61 Å². The van der Waals surface area contributed by atoms with Crippen LogP contribution in [0.15, 0.2) is 30.3 Å². The maximum absolute atomic E-state index is 11.5. The number of carbonyl (C=O) groups is 2. The van der Waals surface area contributed by atoms with Crippen LogP contribution in [0.3, 0.4) is 0 Å². The van der Waals surface area contributed by atoms with E-state index in [1.165, 1.54) is 6.92 Å². The molecule has 1 rings (SSSR count). The molecule has 1 aromatic carbocycles. The van der Waals surface area contributed by atoms with Gasteiger partial charge in [-0.15, -0.1) is 0 Å². The molecule has 4 nitrogen and oxygen atoms in total. The first-order valence-electron chi connectivity index (χ1n) is 4.99. The molecule has 0 fully saturated rings. The lowest BCUT2D eigenvalue weighted by atomic mass is 10.2. The summed E-state index contributed by atoms with van der Waals surface area (Å²) in [6, 6.07) is 8.66. The summed E-state index contributed by atoms with van der Waals surface area (Å²) in [6.45, 7) is 3.04. The Morgan fingerprint density at radius 1 is 1.25 bits per heavy atom. The second-order valence-corrected chi connectivity index (χ2v) is 3.38. The highest BCUT2D eigenvalue weighted by molar-refractivity contribution is 5.89. The molecule has 0 heterocycles. The smallest absolute Gasteiger partial charge is 0.338 e. The molecule has 0 radical (unpaired) electrons. The van der Waals surface area contributed by atoms with E-state index < -0.39 is 12.1 Å². The Bertz CT molecular complexity index is 359. The second-order valence-electron chi connectivity index (χ2n) is 3.38. The highest BCUT2D eigenvalue weighted by Gasteiger charge is 2.10. The summed E-state index contributed by atoms with van der Waals surface area (Å²) in [6.07, 6.45) is -0.426. The number of hydrogen-bond donors (Lipinski definition) is 0. The second kappa shape index (κ2) is 5.90. The molecule has 4 heteroatoms. The summed E-state index contributed by atoms with van der Waals surface area (Å²) < 4.78 is 9.79. The van der Waals surface area contributed by atoms with Crippen molar-refractivity contribution >= 4 is 11.9 Å². The number of hydrogen-bond acceptors (Lipinski definition) is 4. The molecule has 0 aliphatic rings. The highest BCUT2D eigenvalue weighted by atomic mass is 16.6. The monoisotopic (exact) mass is 222 g/mol. The molecule has 86 valence electrons. The molecule has 0 aliphatic carbocycles. The topological polar surface area (TPSA) is 52.6 Å². The van der Waals surface area contributed by atoms with Crippen LogP contribution in [0.25, 0.3) is 0 Å². The first-order chi connectivity index (χ1) is 7.59. The predicted molar refractivity (Wildman–Crippen MR) is 58.0 cm³/mol. The van der Waals surface area contributed by atoms with Crippen molar-refractivity contribution in [3.8, 4) is 0 Å². The van der Waals surface area contributed by atoms with Gasteiger partial charge in [0.15, 0.2) is 0 Å². The molecule has 16 heavy (non-hydrogen) atoms. The van der Waals surface area contributed by atoms with Crippen molar-refractivity contribution in [3.05, 3.63) is 35.9 Å². The van der Waals surface area contributed by atoms with E-state index in [0.717, 1.165) is 0 Å². The van der Waals surface area contributed by atoms with Gasteiger partial charge in [0.1, 0.15) is 12.7 Å². The van der Waals surface area contributed by atoms with E-state index in [1.54, 1.807) is 31.2 Å². The van der Waals surface area contributed by atoms with Crippen LogP contribution < -0.4 is 0 Å². The Hall–Kier alpha value is -1.84. The molecule has 0 N–H and O–H groups in total. The van der Waals surface area contributed by atoms with Gasteiger partial charge in [0.05, 0.1) is 5.56 Å². The molecule has 1 atom stereocenters. The highest BCUT2D eigenvalue weighted by Crippen LogP contribution is 2.02. The third-order valence-corrected chi connectivity index (χ3v) is 1.83. The molecule has 0 aliphatic heterocycles. The lowest BCUT2D eigenvalue weighted by Crippen LogP contribution is -2.21. The summed E-state index contributed by atoms with van der Waals surface area (Å²) in [5.41, 5.74) is 0.484. The molecule has 0 amide bonds. The van der Waals surface area contributed by atoms with Gasteiger partial charge in [-0.2, -0.15) is 0 Å². The van der Waals surface area contributed by atoms with Gasteiger partial charge in [0.2, 0.25) is 0 Å². The Labute approximate surface area is 94.2 Å². The third kappa shape index (κ3) is 4.13. The molecular formula is C12H14O4. The van der Waals surface area contributed by atoms with Crippen molar-refractivity contribution < 1.29 is 19.1 Å². The van der Waals surface area contributed by atoms with Crippen molar-refractivity contribution in [2.45, 2.75) is 20.0 Å². The zero-order chi connectivity index (χ0) is 12.0. The summed E-state index contributed by atoms with van der Waals surface area (Å²) in [5, 5.41) is 0. The van der Waals surface area contributed by atoms with Gasteiger partial charge >= 0.3 is 11.9 Å². The molecule has 0 saturated carbocycles. The summed E-state index contributed by atoms with van der Waals surface area (Å²) in [7, 11) is 0. The van der Waals surface area contributed by atoms with Crippen LogP contribution in [0.5, 0.6) is 0 Å². The number of ether oxygens (including phenoxy) is 2. The van der Waals surface area contributed by atoms with Crippen LogP contribution in [0.2, 0.25) is 0 Å². The normalized spacial score (nSPS) is 11.6. The maximum atomic E-state index is 11.5. The van der Waals surface area contributed by atoms with E-state index in [4.69, 9.17) is 9.47 Å². The van der Waals surface area contributed by atoms with Crippen LogP contribution in [0, 0.1) is 0 Å². The number of esters is 2. The minimum atomic E-state index is -0.426. The Morgan fingerprint density at radius 3 is 2.44 bits per heavy atom. The van der Waals surface area contributed by atoms with E-state index in [0.29, 0.717) is 5.56 Å².